The van der Waals surface area contributed by atoms with Crippen LogP contribution in [0.3, 0.4) is 0 Å². The number of nitrogens with one attached hydrogen (secondary N) is 1. The highest BCUT2D eigenvalue weighted by molar-refractivity contribution is 7.93. The van der Waals surface area contributed by atoms with Gasteiger partial charge in [0.2, 0.25) is 11.0 Å². The van der Waals surface area contributed by atoms with Crippen molar-refractivity contribution in [3.8, 4) is 16.3 Å². The summed E-state index contributed by atoms with van der Waals surface area (Å²) in [6.45, 7) is 0.655. The molecule has 1 saturated heterocycles. The largest absolute Gasteiger partial charge is 0.497 e. The molecule has 2 aromatic carbocycles. The first-order valence-electron chi connectivity index (χ1n) is 8.87. The maximum absolute atomic E-state index is 12.7. The van der Waals surface area contributed by atoms with Gasteiger partial charge in [-0.25, -0.2) is 8.42 Å². The number of methoxy groups -OCH3 is 1. The van der Waals surface area contributed by atoms with Gasteiger partial charge in [-0.1, -0.05) is 11.3 Å². The highest BCUT2D eigenvalue weighted by Crippen LogP contribution is 2.29. The summed E-state index contributed by atoms with van der Waals surface area (Å²) in [7, 11) is -2.23. The summed E-state index contributed by atoms with van der Waals surface area (Å²) < 4.78 is 32.9. The van der Waals surface area contributed by atoms with Crippen molar-refractivity contribution in [1.82, 2.24) is 10.2 Å². The van der Waals surface area contributed by atoms with E-state index in [4.69, 9.17) is 4.74 Å². The van der Waals surface area contributed by atoms with Gasteiger partial charge in [-0.3, -0.25) is 9.52 Å². The van der Waals surface area contributed by atoms with Gasteiger partial charge in [0.05, 0.1) is 12.0 Å². The van der Waals surface area contributed by atoms with Gasteiger partial charge in [0, 0.05) is 24.2 Å². The lowest BCUT2D eigenvalue weighted by atomic mass is 10.2. The summed E-state index contributed by atoms with van der Waals surface area (Å²) in [5, 5.41) is 8.75. The second kappa shape index (κ2) is 7.80. The highest BCUT2D eigenvalue weighted by atomic mass is 32.2. The Morgan fingerprint density at radius 3 is 2.41 bits per heavy atom. The lowest BCUT2D eigenvalue weighted by Gasteiger charge is -2.15. The number of rotatable bonds is 6. The minimum Gasteiger partial charge on any atom is -0.497 e. The minimum absolute atomic E-state index is 0.0543. The average molecular weight is 431 g/mol. The Kier molecular flexibility index (Phi) is 5.20. The van der Waals surface area contributed by atoms with Crippen molar-refractivity contribution in [2.45, 2.75) is 17.7 Å². The van der Waals surface area contributed by atoms with Gasteiger partial charge in [-0.15, -0.1) is 10.2 Å². The Morgan fingerprint density at radius 1 is 1.07 bits per heavy atom. The molecule has 0 unspecified atom stereocenters. The first kappa shape index (κ1) is 19.3. The molecular formula is C19H18N4O4S2. The van der Waals surface area contributed by atoms with E-state index in [-0.39, 0.29) is 15.9 Å². The third-order valence-electron chi connectivity index (χ3n) is 4.52. The van der Waals surface area contributed by atoms with E-state index in [0.29, 0.717) is 23.7 Å². The van der Waals surface area contributed by atoms with Crippen LogP contribution in [-0.2, 0) is 14.8 Å². The molecule has 0 bridgehead atoms. The molecule has 1 amide bonds. The van der Waals surface area contributed by atoms with Crippen LogP contribution >= 0.6 is 11.3 Å². The van der Waals surface area contributed by atoms with Crippen LogP contribution in [0.4, 0.5) is 10.8 Å². The first-order valence-corrected chi connectivity index (χ1v) is 11.2. The fourth-order valence-electron chi connectivity index (χ4n) is 3.01. The normalized spacial score (nSPS) is 14.2. The number of aromatic nitrogens is 2. The second-order valence-electron chi connectivity index (χ2n) is 6.39. The Labute approximate surface area is 172 Å². The van der Waals surface area contributed by atoms with E-state index in [2.05, 4.69) is 14.9 Å². The van der Waals surface area contributed by atoms with E-state index in [1.807, 2.05) is 12.1 Å². The highest BCUT2D eigenvalue weighted by Gasteiger charge is 2.23. The van der Waals surface area contributed by atoms with Crippen LogP contribution in [0.1, 0.15) is 12.8 Å². The van der Waals surface area contributed by atoms with Gasteiger partial charge < -0.3 is 9.64 Å². The molecule has 0 spiro atoms. The summed E-state index contributed by atoms with van der Waals surface area (Å²) in [6.07, 6.45) is 1.34. The number of hydrogen-bond acceptors (Lipinski definition) is 7. The summed E-state index contributed by atoms with van der Waals surface area (Å²) in [5.41, 5.74) is 1.51. The molecular weight excluding hydrogens is 412 g/mol. The fourth-order valence-corrected chi connectivity index (χ4v) is 4.99. The summed E-state index contributed by atoms with van der Waals surface area (Å²) in [4.78, 5) is 13.6. The second-order valence-corrected chi connectivity index (χ2v) is 9.05. The standard InChI is InChI=1S/C19H18N4O4S2/c1-27-15-8-4-13(5-9-15)18-20-21-19(28-18)22-29(25,26)16-10-6-14(7-11-16)23-12-2-3-17(23)24/h4-11H,2-3,12H2,1H3,(H,21,22). The molecule has 0 aliphatic carbocycles. The van der Waals surface area contributed by atoms with Gasteiger partial charge in [0.15, 0.2) is 0 Å². The molecule has 150 valence electrons. The third kappa shape index (κ3) is 4.08. The van der Waals surface area contributed by atoms with E-state index in [9.17, 15) is 13.2 Å². The fraction of sp³-hybridized carbons (Fsp3) is 0.211. The van der Waals surface area contributed by atoms with Crippen molar-refractivity contribution in [2.24, 2.45) is 0 Å². The maximum atomic E-state index is 12.7. The van der Waals surface area contributed by atoms with Crippen LogP contribution in [-0.4, -0.2) is 38.2 Å². The molecule has 1 aliphatic heterocycles. The van der Waals surface area contributed by atoms with E-state index >= 15 is 0 Å². The van der Waals surface area contributed by atoms with Crippen molar-refractivity contribution in [1.29, 1.82) is 0 Å². The summed E-state index contributed by atoms with van der Waals surface area (Å²) in [6, 6.07) is 13.5. The molecule has 1 aromatic heterocycles. The van der Waals surface area contributed by atoms with Gasteiger partial charge in [0.25, 0.3) is 10.0 Å². The Bertz CT molecular complexity index is 1130. The molecule has 10 heteroatoms. The third-order valence-corrected chi connectivity index (χ3v) is 6.89. The topological polar surface area (TPSA) is 101 Å². The first-order chi connectivity index (χ1) is 14.0. The van der Waals surface area contributed by atoms with Crippen molar-refractivity contribution < 1.29 is 17.9 Å². The average Bonchev–Trinajstić information content (AvgIpc) is 3.37. The van der Waals surface area contributed by atoms with Crippen LogP contribution in [0.15, 0.2) is 53.4 Å². The van der Waals surface area contributed by atoms with E-state index < -0.39 is 10.0 Å². The van der Waals surface area contributed by atoms with Crippen molar-refractivity contribution in [3.05, 3.63) is 48.5 Å². The molecule has 1 N–H and O–H groups in total. The zero-order chi connectivity index (χ0) is 20.4. The molecule has 2 heterocycles. The van der Waals surface area contributed by atoms with Crippen LogP contribution in [0, 0.1) is 0 Å². The van der Waals surface area contributed by atoms with Crippen LogP contribution in [0.2, 0.25) is 0 Å². The van der Waals surface area contributed by atoms with E-state index in [1.54, 1.807) is 36.3 Å². The van der Waals surface area contributed by atoms with Gasteiger partial charge in [-0.05, 0) is 55.0 Å². The number of amides is 1. The molecule has 0 radical (unpaired) electrons. The number of carbonyl (C=O) groups excluding carboxylic acids is 1. The Morgan fingerprint density at radius 2 is 1.79 bits per heavy atom. The summed E-state index contributed by atoms with van der Waals surface area (Å²) >= 11 is 1.14. The molecule has 0 atom stereocenters. The number of ether oxygens (including phenoxy) is 1. The minimum atomic E-state index is -3.81. The smallest absolute Gasteiger partial charge is 0.263 e. The van der Waals surface area contributed by atoms with E-state index in [1.165, 1.54) is 12.1 Å². The van der Waals surface area contributed by atoms with Crippen molar-refractivity contribution in [3.63, 3.8) is 0 Å². The zero-order valence-electron chi connectivity index (χ0n) is 15.5. The molecule has 8 nitrogen and oxygen atoms in total. The molecule has 3 aromatic rings. The Hall–Kier alpha value is -2.98. The molecule has 1 fully saturated rings. The molecule has 1 aliphatic rings. The lowest BCUT2D eigenvalue weighted by molar-refractivity contribution is -0.117. The van der Waals surface area contributed by atoms with Crippen LogP contribution in [0.25, 0.3) is 10.6 Å². The predicted molar refractivity (Wildman–Crippen MR) is 111 cm³/mol. The van der Waals surface area contributed by atoms with Crippen LogP contribution < -0.4 is 14.4 Å². The molecule has 29 heavy (non-hydrogen) atoms. The van der Waals surface area contributed by atoms with Gasteiger partial charge in [0.1, 0.15) is 10.8 Å². The number of sulfonamides is 1. The number of benzene rings is 2. The summed E-state index contributed by atoms with van der Waals surface area (Å²) in [5.74, 6) is 0.775. The number of hydrogen-bond donors (Lipinski definition) is 1. The molecule has 0 saturated carbocycles. The Balaban J connectivity index is 1.50. The number of anilines is 2. The van der Waals surface area contributed by atoms with Crippen LogP contribution in [0.5, 0.6) is 5.75 Å². The quantitative estimate of drug-likeness (QED) is 0.645. The SMILES string of the molecule is COc1ccc(-c2nnc(NS(=O)(=O)c3ccc(N4CCCC4=O)cc3)s2)cc1. The lowest BCUT2D eigenvalue weighted by Crippen LogP contribution is -2.23. The number of carbonyl (C=O) groups is 1. The zero-order valence-corrected chi connectivity index (χ0v) is 17.2. The molecule has 4 rings (SSSR count). The number of nitrogens with zero attached hydrogens (tertiary/aromatic N) is 3. The van der Waals surface area contributed by atoms with E-state index in [0.717, 1.165) is 29.1 Å². The van der Waals surface area contributed by atoms with Crippen molar-refractivity contribution in [2.75, 3.05) is 23.3 Å². The monoisotopic (exact) mass is 430 g/mol. The van der Waals surface area contributed by atoms with Crippen molar-refractivity contribution >= 4 is 38.1 Å². The van der Waals surface area contributed by atoms with Gasteiger partial charge >= 0.3 is 0 Å². The predicted octanol–water partition coefficient (Wildman–Crippen LogP) is 3.14. The van der Waals surface area contributed by atoms with Gasteiger partial charge in [-0.2, -0.15) is 0 Å². The maximum Gasteiger partial charge on any atom is 0.263 e.